The van der Waals surface area contributed by atoms with Crippen molar-refractivity contribution < 1.29 is 22.4 Å². The van der Waals surface area contributed by atoms with Gasteiger partial charge in [0.2, 0.25) is 0 Å². The Morgan fingerprint density at radius 1 is 1.03 bits per heavy atom. The average Bonchev–Trinajstić information content (AvgIpc) is 3.29. The van der Waals surface area contributed by atoms with Crippen molar-refractivity contribution in [3.05, 3.63) is 76.6 Å². The first kappa shape index (κ1) is 24.2. The third-order valence-electron chi connectivity index (χ3n) is 6.88. The number of aromatic nitrogens is 1. The fourth-order valence-corrected chi connectivity index (χ4v) is 5.41. The van der Waals surface area contributed by atoms with E-state index in [2.05, 4.69) is 22.1 Å². The van der Waals surface area contributed by atoms with Crippen molar-refractivity contribution in [3.8, 4) is 11.1 Å². The van der Waals surface area contributed by atoms with Crippen molar-refractivity contribution in [1.82, 2.24) is 4.98 Å². The van der Waals surface area contributed by atoms with E-state index in [0.29, 0.717) is 18.2 Å². The second kappa shape index (κ2) is 9.54. The SMILES string of the molecule is C[C@@H]1C[C@H](N)CN(c2c(NC(=O)c3ccc(F)c(-c4c(F)cccc4F)c3F)cnc3c2CCC3)C1. The Kier molecular flexibility index (Phi) is 6.42. The number of carbonyl (C=O) groups is 1. The van der Waals surface area contributed by atoms with Crippen LogP contribution in [0.2, 0.25) is 0 Å². The van der Waals surface area contributed by atoms with Crippen molar-refractivity contribution in [2.75, 3.05) is 23.3 Å². The number of aryl methyl sites for hydroxylation is 1. The molecular formula is C27H26F4N4O. The number of hydrogen-bond acceptors (Lipinski definition) is 4. The molecule has 1 aliphatic carbocycles. The Morgan fingerprint density at radius 2 is 1.75 bits per heavy atom. The van der Waals surface area contributed by atoms with Crippen molar-refractivity contribution >= 4 is 17.3 Å². The second-order valence-corrected chi connectivity index (χ2v) is 9.64. The van der Waals surface area contributed by atoms with Gasteiger partial charge >= 0.3 is 0 Å². The van der Waals surface area contributed by atoms with Gasteiger partial charge in [-0.3, -0.25) is 9.78 Å². The van der Waals surface area contributed by atoms with E-state index in [4.69, 9.17) is 5.73 Å². The summed E-state index contributed by atoms with van der Waals surface area (Å²) < 4.78 is 58.7. The molecule has 1 aliphatic heterocycles. The van der Waals surface area contributed by atoms with E-state index < -0.39 is 45.9 Å². The molecule has 1 saturated heterocycles. The van der Waals surface area contributed by atoms with Gasteiger partial charge in [-0.05, 0) is 61.4 Å². The molecule has 0 saturated carbocycles. The number of amides is 1. The summed E-state index contributed by atoms with van der Waals surface area (Å²) in [6, 6.07) is 4.65. The topological polar surface area (TPSA) is 71.2 Å². The standard InChI is InChI=1S/C27H26F4N4O/c1-14-10-15(32)13-35(12-14)26-16-4-2-7-21(16)33-11-22(26)34-27(36)17-8-9-20(30)24(25(17)31)23-18(28)5-3-6-19(23)29/h3,5-6,8-9,11,14-15H,2,4,7,10,12-13,32H2,1H3,(H,34,36)/t14-,15+/m1/s1. The van der Waals surface area contributed by atoms with Gasteiger partial charge in [0.25, 0.3) is 5.91 Å². The first-order valence-corrected chi connectivity index (χ1v) is 12.0. The van der Waals surface area contributed by atoms with Crippen LogP contribution in [-0.4, -0.2) is 30.0 Å². The molecule has 2 heterocycles. The van der Waals surface area contributed by atoms with E-state index in [1.54, 1.807) is 6.20 Å². The normalized spacial score (nSPS) is 19.3. The van der Waals surface area contributed by atoms with Gasteiger partial charge in [0.15, 0.2) is 0 Å². The number of hydrogen-bond donors (Lipinski definition) is 2. The van der Waals surface area contributed by atoms with E-state index in [0.717, 1.165) is 79.5 Å². The summed E-state index contributed by atoms with van der Waals surface area (Å²) in [4.78, 5) is 19.9. The van der Waals surface area contributed by atoms with Gasteiger partial charge in [0.05, 0.1) is 34.3 Å². The number of fused-ring (bicyclic) bond motifs is 1. The third kappa shape index (κ3) is 4.32. The molecule has 1 fully saturated rings. The summed E-state index contributed by atoms with van der Waals surface area (Å²) in [5, 5.41) is 2.72. The fourth-order valence-electron chi connectivity index (χ4n) is 5.41. The molecule has 0 spiro atoms. The number of pyridine rings is 1. The number of carbonyl (C=O) groups excluding carboxylic acids is 1. The predicted molar refractivity (Wildman–Crippen MR) is 130 cm³/mol. The molecule has 3 aromatic rings. The highest BCUT2D eigenvalue weighted by Gasteiger charge is 2.30. The number of nitrogens with two attached hydrogens (primary N) is 1. The lowest BCUT2D eigenvalue weighted by Gasteiger charge is -2.38. The average molecular weight is 499 g/mol. The van der Waals surface area contributed by atoms with Crippen LogP contribution in [0.25, 0.3) is 11.1 Å². The van der Waals surface area contributed by atoms with Crippen LogP contribution >= 0.6 is 0 Å². The zero-order valence-electron chi connectivity index (χ0n) is 19.8. The van der Waals surface area contributed by atoms with Gasteiger partial charge in [-0.1, -0.05) is 13.0 Å². The lowest BCUT2D eigenvalue weighted by atomic mass is 9.95. The van der Waals surface area contributed by atoms with Crippen molar-refractivity contribution in [3.63, 3.8) is 0 Å². The summed E-state index contributed by atoms with van der Waals surface area (Å²) in [7, 11) is 0. The quantitative estimate of drug-likeness (QED) is 0.484. The van der Waals surface area contributed by atoms with Crippen molar-refractivity contribution in [2.24, 2.45) is 11.7 Å². The van der Waals surface area contributed by atoms with Crippen LogP contribution < -0.4 is 16.0 Å². The monoisotopic (exact) mass is 498 g/mol. The maximum absolute atomic E-state index is 15.4. The summed E-state index contributed by atoms with van der Waals surface area (Å²) >= 11 is 0. The molecule has 1 aromatic heterocycles. The van der Waals surface area contributed by atoms with Crippen LogP contribution in [0.4, 0.5) is 28.9 Å². The van der Waals surface area contributed by atoms with Crippen molar-refractivity contribution in [2.45, 2.75) is 38.6 Å². The highest BCUT2D eigenvalue weighted by Crippen LogP contribution is 2.39. The zero-order chi connectivity index (χ0) is 25.6. The lowest BCUT2D eigenvalue weighted by Crippen LogP contribution is -2.47. The number of nitrogens with one attached hydrogen (secondary N) is 1. The molecular weight excluding hydrogens is 472 g/mol. The molecule has 0 radical (unpaired) electrons. The lowest BCUT2D eigenvalue weighted by molar-refractivity contribution is 0.102. The minimum atomic E-state index is -1.35. The Balaban J connectivity index is 1.54. The Hall–Kier alpha value is -3.46. The molecule has 0 unspecified atom stereocenters. The second-order valence-electron chi connectivity index (χ2n) is 9.64. The molecule has 2 aromatic carbocycles. The van der Waals surface area contributed by atoms with Crippen molar-refractivity contribution in [1.29, 1.82) is 0 Å². The highest BCUT2D eigenvalue weighted by molar-refractivity contribution is 6.07. The van der Waals surface area contributed by atoms with Crippen LogP contribution in [0, 0.1) is 29.2 Å². The Morgan fingerprint density at radius 3 is 2.47 bits per heavy atom. The summed E-state index contributed by atoms with van der Waals surface area (Å²) in [5.74, 6) is -5.32. The molecule has 5 nitrogen and oxygen atoms in total. The molecule has 0 bridgehead atoms. The van der Waals surface area contributed by atoms with E-state index in [-0.39, 0.29) is 6.04 Å². The van der Waals surface area contributed by atoms with Gasteiger partial charge in [0.1, 0.15) is 23.3 Å². The summed E-state index contributed by atoms with van der Waals surface area (Å²) in [6.45, 7) is 3.46. The van der Waals surface area contributed by atoms with Gasteiger partial charge in [0, 0.05) is 24.8 Å². The van der Waals surface area contributed by atoms with Gasteiger partial charge in [-0.25, -0.2) is 17.6 Å². The minimum Gasteiger partial charge on any atom is -0.368 e. The van der Waals surface area contributed by atoms with Crippen LogP contribution in [0.1, 0.15) is 41.4 Å². The number of benzene rings is 2. The number of anilines is 2. The number of halogens is 4. The molecule has 5 rings (SSSR count). The summed E-state index contributed by atoms with van der Waals surface area (Å²) in [5.41, 5.74) is 7.15. The third-order valence-corrected chi connectivity index (χ3v) is 6.88. The largest absolute Gasteiger partial charge is 0.368 e. The molecule has 188 valence electrons. The van der Waals surface area contributed by atoms with Crippen LogP contribution in [-0.2, 0) is 12.8 Å². The smallest absolute Gasteiger partial charge is 0.258 e. The van der Waals surface area contributed by atoms with Crippen LogP contribution in [0.3, 0.4) is 0 Å². The maximum atomic E-state index is 15.4. The fraction of sp³-hybridized carbons (Fsp3) is 0.333. The number of piperidine rings is 1. The van der Waals surface area contributed by atoms with Gasteiger partial charge < -0.3 is 16.0 Å². The first-order chi connectivity index (χ1) is 17.2. The van der Waals surface area contributed by atoms with E-state index in [9.17, 15) is 18.0 Å². The van der Waals surface area contributed by atoms with Crippen LogP contribution in [0.5, 0.6) is 0 Å². The number of rotatable bonds is 4. The van der Waals surface area contributed by atoms with E-state index in [1.807, 2.05) is 0 Å². The zero-order valence-corrected chi connectivity index (χ0v) is 19.8. The van der Waals surface area contributed by atoms with Gasteiger partial charge in [-0.15, -0.1) is 0 Å². The van der Waals surface area contributed by atoms with E-state index >= 15 is 4.39 Å². The minimum absolute atomic E-state index is 0.0321. The molecule has 36 heavy (non-hydrogen) atoms. The molecule has 3 N–H and O–H groups in total. The Bertz CT molecular complexity index is 1320. The molecule has 1 amide bonds. The van der Waals surface area contributed by atoms with E-state index in [1.165, 1.54) is 0 Å². The molecule has 9 heteroatoms. The predicted octanol–water partition coefficient (Wildman–Crippen LogP) is 5.22. The Labute approximate surface area is 206 Å². The van der Waals surface area contributed by atoms with Crippen LogP contribution in [0.15, 0.2) is 36.5 Å². The number of nitrogens with zero attached hydrogens (tertiary/aromatic N) is 2. The van der Waals surface area contributed by atoms with Gasteiger partial charge in [-0.2, -0.15) is 0 Å². The first-order valence-electron chi connectivity index (χ1n) is 12.0. The molecule has 2 aliphatic rings. The highest BCUT2D eigenvalue weighted by atomic mass is 19.1. The summed E-state index contributed by atoms with van der Waals surface area (Å²) in [6.07, 6.45) is 4.99. The molecule has 2 atom stereocenters. The maximum Gasteiger partial charge on any atom is 0.258 e.